The smallest absolute Gasteiger partial charge is 0.239 e. The van der Waals surface area contributed by atoms with E-state index in [-0.39, 0.29) is 0 Å². The number of alkyl halides is 6. The molecule has 1 aliphatic rings. The molecule has 0 spiro atoms. The van der Waals surface area contributed by atoms with Crippen LogP contribution in [-0.2, 0) is 0 Å². The first-order valence-electron chi connectivity index (χ1n) is 2.35. The number of hydrogen-bond acceptors (Lipinski definition) is 0. The molecule has 0 radical (unpaired) electrons. The molecular weight excluding hydrogens is 284 g/mol. The van der Waals surface area contributed by atoms with E-state index in [4.69, 9.17) is 0 Å². The van der Waals surface area contributed by atoms with Crippen molar-refractivity contribution in [1.82, 2.24) is 0 Å². The fourth-order valence-corrected chi connectivity index (χ4v) is 1.54. The van der Waals surface area contributed by atoms with Crippen molar-refractivity contribution in [3.8, 4) is 0 Å². The summed E-state index contributed by atoms with van der Waals surface area (Å²) in [6, 6.07) is 0. The average Bonchev–Trinajstić information content (AvgIpc) is 1.84. The van der Waals surface area contributed by atoms with Crippen LogP contribution in [-0.4, -0.2) is 21.5 Å². The summed E-state index contributed by atoms with van der Waals surface area (Å²) in [7, 11) is 0. The van der Waals surface area contributed by atoms with Gasteiger partial charge in [-0.2, -0.15) is 0 Å². The van der Waals surface area contributed by atoms with E-state index in [2.05, 4.69) is 31.9 Å². The molecule has 0 amide bonds. The largest absolute Gasteiger partial charge is 0.245 e. The van der Waals surface area contributed by atoms with E-state index in [1.807, 2.05) is 0 Å². The molecule has 1 saturated carbocycles. The lowest BCUT2D eigenvalue weighted by Crippen LogP contribution is -2.68. The second-order valence-electron chi connectivity index (χ2n) is 2.05. The zero-order valence-corrected chi connectivity index (χ0v) is 7.59. The van der Waals surface area contributed by atoms with Gasteiger partial charge < -0.3 is 0 Å². The Morgan fingerprint density at radius 1 is 0.900 bits per heavy atom. The number of halogens is 6. The Hall–Kier alpha value is 0.680. The monoisotopic (exact) mass is 284 g/mol. The van der Waals surface area contributed by atoms with Gasteiger partial charge in [-0.25, -0.2) is 17.6 Å². The Morgan fingerprint density at radius 3 is 1.20 bits per heavy atom. The van der Waals surface area contributed by atoms with E-state index in [0.29, 0.717) is 0 Å². The van der Waals surface area contributed by atoms with Crippen molar-refractivity contribution in [2.24, 2.45) is 0 Å². The van der Waals surface area contributed by atoms with Gasteiger partial charge in [0.25, 0.3) is 0 Å². The fraction of sp³-hybridized carbons (Fsp3) is 1.00. The maximum absolute atomic E-state index is 12.5. The molecule has 4 atom stereocenters. The molecule has 0 saturated heterocycles. The predicted octanol–water partition coefficient (Wildman–Crippen LogP) is 2.80. The Kier molecular flexibility index (Phi) is 1.83. The van der Waals surface area contributed by atoms with Gasteiger partial charge in [-0.1, -0.05) is 0 Å². The summed E-state index contributed by atoms with van der Waals surface area (Å²) < 4.78 is 43.4. The van der Waals surface area contributed by atoms with E-state index < -0.39 is 21.5 Å². The topological polar surface area (TPSA) is 0 Å². The van der Waals surface area contributed by atoms with Crippen molar-refractivity contribution >= 4 is 31.9 Å². The van der Waals surface area contributed by atoms with Crippen LogP contribution in [0.5, 0.6) is 0 Å². The second kappa shape index (κ2) is 2.09. The summed E-state index contributed by atoms with van der Waals surface area (Å²) in [4.78, 5) is 0. The summed E-state index contributed by atoms with van der Waals surface area (Å²) in [6.45, 7) is 0. The highest BCUT2D eigenvalue weighted by Crippen LogP contribution is 2.59. The van der Waals surface area contributed by atoms with Crippen LogP contribution < -0.4 is 0 Å². The molecule has 60 valence electrons. The van der Waals surface area contributed by atoms with E-state index in [9.17, 15) is 17.6 Å². The molecule has 1 aliphatic carbocycles. The zero-order valence-electron chi connectivity index (χ0n) is 4.42. The van der Waals surface area contributed by atoms with Crippen molar-refractivity contribution in [1.29, 1.82) is 0 Å². The zero-order chi connectivity index (χ0) is 8.15. The third-order valence-electron chi connectivity index (χ3n) is 1.39. The lowest BCUT2D eigenvalue weighted by Gasteiger charge is -2.46. The van der Waals surface area contributed by atoms with E-state index in [0.717, 1.165) is 0 Å². The first kappa shape index (κ1) is 8.77. The Morgan fingerprint density at radius 2 is 1.10 bits per heavy atom. The molecule has 0 nitrogen and oxygen atoms in total. The highest BCUT2D eigenvalue weighted by Gasteiger charge is 2.75. The van der Waals surface area contributed by atoms with Crippen LogP contribution >= 0.6 is 31.9 Å². The Bertz CT molecular complexity index is 139. The number of rotatable bonds is 0. The molecule has 0 aliphatic heterocycles. The van der Waals surface area contributed by atoms with Crippen LogP contribution in [0.4, 0.5) is 17.6 Å². The number of hydrogen-bond donors (Lipinski definition) is 0. The summed E-state index contributed by atoms with van der Waals surface area (Å²) >= 11 is 4.18. The molecule has 0 bridgehead atoms. The highest BCUT2D eigenvalue weighted by atomic mass is 79.9. The minimum absolute atomic E-state index is 2.09. The molecular formula is C4H2Br2F4. The SMILES string of the molecule is FC1C(F)C(F)(Br)C1(F)Br. The molecule has 10 heavy (non-hydrogen) atoms. The minimum atomic E-state index is -2.93. The van der Waals surface area contributed by atoms with Crippen LogP contribution in [0.3, 0.4) is 0 Å². The first-order valence-corrected chi connectivity index (χ1v) is 3.94. The molecule has 0 aromatic carbocycles. The van der Waals surface area contributed by atoms with Crippen LogP contribution in [0.25, 0.3) is 0 Å². The molecule has 6 heteroatoms. The van der Waals surface area contributed by atoms with Gasteiger partial charge in [0, 0.05) is 0 Å². The average molecular weight is 286 g/mol. The lowest BCUT2D eigenvalue weighted by molar-refractivity contribution is -0.131. The van der Waals surface area contributed by atoms with Crippen molar-refractivity contribution in [2.75, 3.05) is 0 Å². The van der Waals surface area contributed by atoms with Gasteiger partial charge in [0.15, 0.2) is 12.3 Å². The molecule has 0 aromatic heterocycles. The van der Waals surface area contributed by atoms with Gasteiger partial charge in [-0.3, -0.25) is 0 Å². The Labute approximate surface area is 71.2 Å². The van der Waals surface area contributed by atoms with Crippen molar-refractivity contribution in [2.45, 2.75) is 21.5 Å². The third-order valence-corrected chi connectivity index (χ3v) is 3.95. The van der Waals surface area contributed by atoms with E-state index in [1.54, 1.807) is 0 Å². The molecule has 1 fully saturated rings. The fourth-order valence-electron chi connectivity index (χ4n) is 0.639. The van der Waals surface area contributed by atoms with Crippen LogP contribution in [0, 0.1) is 0 Å². The predicted molar refractivity (Wildman–Crippen MR) is 35.3 cm³/mol. The second-order valence-corrected chi connectivity index (χ2v) is 4.36. The normalized spacial score (nSPS) is 61.8. The maximum atomic E-state index is 12.5. The molecule has 0 aromatic rings. The maximum Gasteiger partial charge on any atom is 0.245 e. The summed E-state index contributed by atoms with van der Waals surface area (Å²) in [5.74, 6) is 0. The van der Waals surface area contributed by atoms with E-state index in [1.165, 1.54) is 0 Å². The van der Waals surface area contributed by atoms with Gasteiger partial charge >= 0.3 is 0 Å². The summed E-state index contributed by atoms with van der Waals surface area (Å²) in [5.41, 5.74) is 0. The van der Waals surface area contributed by atoms with Gasteiger partial charge in [-0.05, 0) is 31.9 Å². The summed E-state index contributed by atoms with van der Waals surface area (Å²) in [6.07, 6.45) is -4.89. The third kappa shape index (κ3) is 0.776. The van der Waals surface area contributed by atoms with E-state index >= 15 is 0 Å². The minimum Gasteiger partial charge on any atom is -0.239 e. The van der Waals surface area contributed by atoms with Gasteiger partial charge in [-0.15, -0.1) is 0 Å². The van der Waals surface area contributed by atoms with Gasteiger partial charge in [0.05, 0.1) is 0 Å². The standard InChI is InChI=1S/C4H2Br2F4/c5-3(9)1(7)2(8)4(3,6)10/h1-2H. The van der Waals surface area contributed by atoms with Crippen LogP contribution in [0.2, 0.25) is 0 Å². The van der Waals surface area contributed by atoms with Crippen molar-refractivity contribution < 1.29 is 17.6 Å². The molecule has 4 unspecified atom stereocenters. The summed E-state index contributed by atoms with van der Waals surface area (Å²) in [5, 5.41) is 0. The van der Waals surface area contributed by atoms with Crippen molar-refractivity contribution in [3.63, 3.8) is 0 Å². The van der Waals surface area contributed by atoms with Gasteiger partial charge in [0.2, 0.25) is 9.16 Å². The quantitative estimate of drug-likeness (QED) is 0.474. The Balaban J connectivity index is 2.82. The highest BCUT2D eigenvalue weighted by molar-refractivity contribution is 9.13. The van der Waals surface area contributed by atoms with Gasteiger partial charge in [0.1, 0.15) is 0 Å². The van der Waals surface area contributed by atoms with Crippen molar-refractivity contribution in [3.05, 3.63) is 0 Å². The van der Waals surface area contributed by atoms with Crippen LogP contribution in [0.1, 0.15) is 0 Å². The lowest BCUT2D eigenvalue weighted by atomic mass is 9.90. The molecule has 1 rings (SSSR count). The first-order chi connectivity index (χ1) is 4.32. The van der Waals surface area contributed by atoms with Crippen LogP contribution in [0.15, 0.2) is 0 Å². The molecule has 0 heterocycles. The molecule has 0 N–H and O–H groups in total.